The van der Waals surface area contributed by atoms with Crippen LogP contribution in [-0.2, 0) is 0 Å². The van der Waals surface area contributed by atoms with Crippen LogP contribution in [0, 0.1) is 19.8 Å². The minimum atomic E-state index is 0.176. The van der Waals surface area contributed by atoms with Crippen LogP contribution < -0.4 is 5.73 Å². The molecule has 3 heteroatoms. The maximum atomic E-state index is 9.29. The van der Waals surface area contributed by atoms with Gasteiger partial charge in [-0.15, -0.1) is 0 Å². The Balaban J connectivity index is 2.98. The molecule has 3 N–H and O–H groups in total. The summed E-state index contributed by atoms with van der Waals surface area (Å²) >= 11 is 3.66. The molecule has 1 aromatic rings. The third-order valence-corrected chi connectivity index (χ3v) is 4.44. The van der Waals surface area contributed by atoms with E-state index in [1.807, 2.05) is 0 Å². The quantitative estimate of drug-likeness (QED) is 0.844. The van der Waals surface area contributed by atoms with Crippen molar-refractivity contribution >= 4 is 15.9 Å². The zero-order chi connectivity index (χ0) is 13.7. The lowest BCUT2D eigenvalue weighted by Gasteiger charge is -2.22. The van der Waals surface area contributed by atoms with Gasteiger partial charge >= 0.3 is 0 Å². The van der Waals surface area contributed by atoms with Crippen LogP contribution in [0.1, 0.15) is 42.4 Å². The summed E-state index contributed by atoms with van der Waals surface area (Å²) in [6.45, 7) is 7.19. The first-order valence-corrected chi connectivity index (χ1v) is 7.40. The number of aliphatic hydroxyl groups is 1. The predicted octanol–water partition coefficient (Wildman–Crippen LogP) is 3.52. The monoisotopic (exact) mass is 313 g/mol. The van der Waals surface area contributed by atoms with Crippen LogP contribution >= 0.6 is 15.9 Å². The van der Waals surface area contributed by atoms with Gasteiger partial charge in [0, 0.05) is 11.1 Å². The van der Waals surface area contributed by atoms with Gasteiger partial charge in [0.25, 0.3) is 0 Å². The van der Waals surface area contributed by atoms with E-state index in [0.717, 1.165) is 12.8 Å². The Morgan fingerprint density at radius 2 is 1.89 bits per heavy atom. The van der Waals surface area contributed by atoms with E-state index < -0.39 is 0 Å². The average Bonchev–Trinajstić information content (AvgIpc) is 2.36. The number of rotatable bonds is 6. The predicted molar refractivity (Wildman–Crippen MR) is 80.9 cm³/mol. The smallest absolute Gasteiger partial charge is 0.0471 e. The van der Waals surface area contributed by atoms with Crippen molar-refractivity contribution in [3.63, 3.8) is 0 Å². The number of hydrogen-bond acceptors (Lipinski definition) is 2. The van der Waals surface area contributed by atoms with Crippen molar-refractivity contribution < 1.29 is 5.11 Å². The number of hydrogen-bond donors (Lipinski definition) is 2. The summed E-state index contributed by atoms with van der Waals surface area (Å²) in [5.41, 5.74) is 9.65. The molecule has 0 spiro atoms. The first-order valence-electron chi connectivity index (χ1n) is 6.61. The molecule has 102 valence electrons. The number of benzene rings is 1. The van der Waals surface area contributed by atoms with Crippen LogP contribution in [0.3, 0.4) is 0 Å². The van der Waals surface area contributed by atoms with Gasteiger partial charge in [-0.1, -0.05) is 28.9 Å². The zero-order valence-electron chi connectivity index (χ0n) is 11.5. The molecular weight excluding hydrogens is 290 g/mol. The maximum absolute atomic E-state index is 9.29. The van der Waals surface area contributed by atoms with Crippen molar-refractivity contribution in [2.24, 2.45) is 11.7 Å². The summed E-state index contributed by atoms with van der Waals surface area (Å²) in [5, 5.41) is 9.29. The lowest BCUT2D eigenvalue weighted by atomic mass is 9.86. The first kappa shape index (κ1) is 15.7. The third-order valence-electron chi connectivity index (χ3n) is 3.76. The number of halogens is 1. The van der Waals surface area contributed by atoms with Gasteiger partial charge in [-0.2, -0.15) is 0 Å². The molecule has 0 heterocycles. The molecule has 0 aliphatic rings. The highest BCUT2D eigenvalue weighted by Gasteiger charge is 2.18. The van der Waals surface area contributed by atoms with Gasteiger partial charge < -0.3 is 10.8 Å². The number of aryl methyl sites for hydroxylation is 2. The highest BCUT2D eigenvalue weighted by molar-refractivity contribution is 9.10. The zero-order valence-corrected chi connectivity index (χ0v) is 13.1. The van der Waals surface area contributed by atoms with E-state index in [4.69, 9.17) is 5.73 Å². The Kier molecular flexibility index (Phi) is 6.33. The molecule has 2 atom stereocenters. The van der Waals surface area contributed by atoms with Crippen LogP contribution in [-0.4, -0.2) is 18.3 Å². The van der Waals surface area contributed by atoms with Gasteiger partial charge in [-0.25, -0.2) is 0 Å². The minimum Gasteiger partial charge on any atom is -0.396 e. The summed E-state index contributed by atoms with van der Waals surface area (Å²) in [6.07, 6.45) is 2.02. The van der Waals surface area contributed by atoms with E-state index in [1.54, 1.807) is 0 Å². The Labute approximate surface area is 119 Å². The molecule has 0 aliphatic heterocycles. The normalized spacial score (nSPS) is 14.6. The van der Waals surface area contributed by atoms with Crippen LogP contribution in [0.4, 0.5) is 0 Å². The molecular formula is C15H24BrNO. The van der Waals surface area contributed by atoms with Crippen molar-refractivity contribution in [1.29, 1.82) is 0 Å². The van der Waals surface area contributed by atoms with Crippen LogP contribution in [0.5, 0.6) is 0 Å². The Morgan fingerprint density at radius 1 is 1.28 bits per heavy atom. The fourth-order valence-corrected chi connectivity index (χ4v) is 3.06. The van der Waals surface area contributed by atoms with Crippen LogP contribution in [0.25, 0.3) is 0 Å². The third kappa shape index (κ3) is 3.81. The largest absolute Gasteiger partial charge is 0.396 e. The molecule has 0 bridgehead atoms. The van der Waals surface area contributed by atoms with Crippen molar-refractivity contribution in [1.82, 2.24) is 0 Å². The average molecular weight is 314 g/mol. The maximum Gasteiger partial charge on any atom is 0.0471 e. The summed E-state index contributed by atoms with van der Waals surface area (Å²) < 4.78 is 1.17. The fraction of sp³-hybridized carbons (Fsp3) is 0.600. The molecule has 0 fully saturated rings. The second-order valence-electron chi connectivity index (χ2n) is 5.08. The van der Waals surface area contributed by atoms with Gasteiger partial charge in [0.15, 0.2) is 0 Å². The Hall–Kier alpha value is -0.380. The molecule has 0 saturated carbocycles. The SMILES string of the molecule is CCC(CC(CN)CO)c1cc(C)c(C)cc1Br. The summed E-state index contributed by atoms with van der Waals surface area (Å²) in [4.78, 5) is 0. The highest BCUT2D eigenvalue weighted by Crippen LogP contribution is 2.34. The Bertz CT molecular complexity index is 388. The molecule has 1 rings (SSSR count). The van der Waals surface area contributed by atoms with E-state index in [1.165, 1.54) is 21.2 Å². The van der Waals surface area contributed by atoms with Crippen LogP contribution in [0.2, 0.25) is 0 Å². The van der Waals surface area contributed by atoms with Crippen molar-refractivity contribution in [2.75, 3.05) is 13.2 Å². The van der Waals surface area contributed by atoms with Crippen LogP contribution in [0.15, 0.2) is 16.6 Å². The van der Waals surface area contributed by atoms with E-state index in [2.05, 4.69) is 48.8 Å². The van der Waals surface area contributed by atoms with Gasteiger partial charge in [0.05, 0.1) is 0 Å². The lowest BCUT2D eigenvalue weighted by Crippen LogP contribution is -2.20. The fourth-order valence-electron chi connectivity index (χ4n) is 2.28. The molecule has 2 nitrogen and oxygen atoms in total. The second kappa shape index (κ2) is 7.27. The Morgan fingerprint density at radius 3 is 2.39 bits per heavy atom. The van der Waals surface area contributed by atoms with Crippen molar-refractivity contribution in [2.45, 2.75) is 39.5 Å². The van der Waals surface area contributed by atoms with Crippen molar-refractivity contribution in [3.8, 4) is 0 Å². The molecule has 0 aliphatic carbocycles. The van der Waals surface area contributed by atoms with Crippen molar-refractivity contribution in [3.05, 3.63) is 33.3 Å². The summed E-state index contributed by atoms with van der Waals surface area (Å²) in [6, 6.07) is 4.45. The van der Waals surface area contributed by atoms with Gasteiger partial charge in [0.1, 0.15) is 0 Å². The molecule has 0 amide bonds. The summed E-state index contributed by atoms with van der Waals surface area (Å²) in [5.74, 6) is 0.655. The molecule has 0 radical (unpaired) electrons. The molecule has 0 saturated heterocycles. The molecule has 0 aromatic heterocycles. The standard InChI is InChI=1S/C15H24BrNO/c1-4-13(7-12(8-17)9-18)14-5-10(2)11(3)6-15(14)16/h5-6,12-13,18H,4,7-9,17H2,1-3H3. The van der Waals surface area contributed by atoms with Gasteiger partial charge in [-0.05, 0) is 67.8 Å². The topological polar surface area (TPSA) is 46.2 Å². The van der Waals surface area contributed by atoms with E-state index in [0.29, 0.717) is 12.5 Å². The van der Waals surface area contributed by atoms with E-state index in [9.17, 15) is 5.11 Å². The number of aliphatic hydroxyl groups excluding tert-OH is 1. The highest BCUT2D eigenvalue weighted by atomic mass is 79.9. The van der Waals surface area contributed by atoms with Gasteiger partial charge in [-0.3, -0.25) is 0 Å². The minimum absolute atomic E-state index is 0.176. The van der Waals surface area contributed by atoms with Gasteiger partial charge in [0.2, 0.25) is 0 Å². The number of nitrogens with two attached hydrogens (primary N) is 1. The molecule has 1 aromatic carbocycles. The molecule has 2 unspecified atom stereocenters. The van der Waals surface area contributed by atoms with E-state index in [-0.39, 0.29) is 12.5 Å². The van der Waals surface area contributed by atoms with E-state index >= 15 is 0 Å². The first-order chi connectivity index (χ1) is 8.53. The second-order valence-corrected chi connectivity index (χ2v) is 5.94. The lowest BCUT2D eigenvalue weighted by molar-refractivity contribution is 0.214. The summed E-state index contributed by atoms with van der Waals surface area (Å²) in [7, 11) is 0. The molecule has 18 heavy (non-hydrogen) atoms.